The van der Waals surface area contributed by atoms with E-state index in [0.717, 1.165) is 31.5 Å². The summed E-state index contributed by atoms with van der Waals surface area (Å²) in [6.45, 7) is 6.46. The minimum Gasteiger partial charge on any atom is -0.465 e. The molecule has 110 valence electrons. The number of rotatable bonds is 3. The molecule has 1 aromatic rings. The molecule has 3 heteroatoms. The maximum Gasteiger partial charge on any atom is 0.316 e. The van der Waals surface area contributed by atoms with Crippen LogP contribution in [0.3, 0.4) is 0 Å². The molecule has 2 atom stereocenters. The molecule has 0 aliphatic carbocycles. The summed E-state index contributed by atoms with van der Waals surface area (Å²) in [5, 5.41) is 0. The van der Waals surface area contributed by atoms with Crippen molar-refractivity contribution in [2.24, 2.45) is 5.92 Å². The minimum absolute atomic E-state index is 0.0611. The molecular weight excluding hydrogens is 250 g/mol. The molecule has 3 nitrogen and oxygen atoms in total. The molecule has 1 saturated heterocycles. The van der Waals surface area contributed by atoms with E-state index >= 15 is 0 Å². The second kappa shape index (κ2) is 6.40. The van der Waals surface area contributed by atoms with E-state index in [9.17, 15) is 4.79 Å². The Morgan fingerprint density at radius 2 is 2.10 bits per heavy atom. The Kier molecular flexibility index (Phi) is 4.81. The van der Waals surface area contributed by atoms with E-state index in [-0.39, 0.29) is 11.9 Å². The first-order chi connectivity index (χ1) is 9.61. The summed E-state index contributed by atoms with van der Waals surface area (Å²) in [5.41, 5.74) is 0.600. The molecule has 1 heterocycles. The van der Waals surface area contributed by atoms with Gasteiger partial charge in [-0.05, 0) is 44.8 Å². The maximum absolute atomic E-state index is 12.7. The average Bonchev–Trinajstić information content (AvgIpc) is 2.59. The number of carbonyl (C=O) groups is 1. The summed E-state index contributed by atoms with van der Waals surface area (Å²) >= 11 is 0. The Morgan fingerprint density at radius 1 is 1.40 bits per heavy atom. The Bertz CT molecular complexity index is 446. The molecule has 0 unspecified atom stereocenters. The first-order valence-corrected chi connectivity index (χ1v) is 7.52. The van der Waals surface area contributed by atoms with E-state index in [4.69, 9.17) is 4.74 Å². The van der Waals surface area contributed by atoms with Gasteiger partial charge in [-0.2, -0.15) is 0 Å². The number of carbonyl (C=O) groups excluding carboxylic acids is 1. The van der Waals surface area contributed by atoms with Crippen LogP contribution in [-0.4, -0.2) is 37.6 Å². The lowest BCUT2D eigenvalue weighted by Crippen LogP contribution is -2.45. The monoisotopic (exact) mass is 275 g/mol. The first kappa shape index (κ1) is 15.0. The number of hydrogen-bond acceptors (Lipinski definition) is 3. The summed E-state index contributed by atoms with van der Waals surface area (Å²) in [5.74, 6) is 0.186. The zero-order valence-electron chi connectivity index (χ0n) is 12.8. The normalized spacial score (nSPS) is 27.9. The van der Waals surface area contributed by atoms with Crippen molar-refractivity contribution in [1.29, 1.82) is 0 Å². The number of likely N-dealkylation sites (tertiary alicyclic amines) is 1. The van der Waals surface area contributed by atoms with E-state index in [1.807, 2.05) is 25.1 Å². The number of hydrogen-bond donors (Lipinski definition) is 0. The number of benzene rings is 1. The third-order valence-corrected chi connectivity index (χ3v) is 4.47. The predicted octanol–water partition coefficient (Wildman–Crippen LogP) is 2.85. The number of ether oxygens (including phenoxy) is 1. The van der Waals surface area contributed by atoms with E-state index in [2.05, 4.69) is 31.0 Å². The first-order valence-electron chi connectivity index (χ1n) is 7.52. The number of esters is 1. The van der Waals surface area contributed by atoms with Gasteiger partial charge in [-0.25, -0.2) is 0 Å². The van der Waals surface area contributed by atoms with Crippen LogP contribution < -0.4 is 0 Å². The van der Waals surface area contributed by atoms with Gasteiger partial charge >= 0.3 is 5.97 Å². The van der Waals surface area contributed by atoms with Gasteiger partial charge in [-0.3, -0.25) is 4.79 Å². The number of nitrogens with zero attached hydrogens (tertiary/aromatic N) is 1. The third-order valence-electron chi connectivity index (χ3n) is 4.47. The molecule has 2 rings (SSSR count). The molecule has 20 heavy (non-hydrogen) atoms. The van der Waals surface area contributed by atoms with Crippen molar-refractivity contribution in [2.45, 2.75) is 32.1 Å². The smallest absolute Gasteiger partial charge is 0.316 e. The summed E-state index contributed by atoms with van der Waals surface area (Å²) in [6.07, 6.45) is 1.88. The highest BCUT2D eigenvalue weighted by Crippen LogP contribution is 2.40. The topological polar surface area (TPSA) is 29.5 Å². The van der Waals surface area contributed by atoms with Crippen LogP contribution in [0.4, 0.5) is 0 Å². The van der Waals surface area contributed by atoms with Gasteiger partial charge in [-0.15, -0.1) is 0 Å². The molecule has 1 aliphatic rings. The highest BCUT2D eigenvalue weighted by Gasteiger charge is 2.47. The quantitative estimate of drug-likeness (QED) is 0.794. The van der Waals surface area contributed by atoms with Crippen molar-refractivity contribution in [2.75, 3.05) is 26.7 Å². The average molecular weight is 275 g/mol. The zero-order chi connectivity index (χ0) is 14.6. The molecule has 0 spiro atoms. The highest BCUT2D eigenvalue weighted by molar-refractivity contribution is 5.83. The van der Waals surface area contributed by atoms with E-state index < -0.39 is 5.41 Å². The Hall–Kier alpha value is -1.35. The zero-order valence-corrected chi connectivity index (χ0v) is 12.8. The predicted molar refractivity (Wildman–Crippen MR) is 80.6 cm³/mol. The summed E-state index contributed by atoms with van der Waals surface area (Å²) in [6, 6.07) is 10.2. The Labute approximate surface area is 121 Å². The van der Waals surface area contributed by atoms with Gasteiger partial charge in [0.25, 0.3) is 0 Å². The standard InChI is InChI=1S/C17H25NO2/c1-4-20-16(19)17(15-9-6-5-7-10-15)11-8-12-18(3)13-14(17)2/h5-7,9-10,14H,4,8,11-13H2,1-3H3/t14-,17-/m0/s1. The van der Waals surface area contributed by atoms with Crippen molar-refractivity contribution in [3.63, 3.8) is 0 Å². The highest BCUT2D eigenvalue weighted by atomic mass is 16.5. The van der Waals surface area contributed by atoms with Gasteiger partial charge in [0.15, 0.2) is 0 Å². The lowest BCUT2D eigenvalue weighted by Gasteiger charge is -2.36. The molecule has 1 fully saturated rings. The van der Waals surface area contributed by atoms with Crippen LogP contribution in [0.25, 0.3) is 0 Å². The molecule has 0 radical (unpaired) electrons. The fourth-order valence-electron chi connectivity index (χ4n) is 3.43. The maximum atomic E-state index is 12.7. The summed E-state index contributed by atoms with van der Waals surface area (Å²) < 4.78 is 5.44. The molecule has 0 N–H and O–H groups in total. The molecule has 0 amide bonds. The lowest BCUT2D eigenvalue weighted by molar-refractivity contribution is -0.152. The van der Waals surface area contributed by atoms with Crippen LogP contribution in [0.1, 0.15) is 32.3 Å². The van der Waals surface area contributed by atoms with Crippen LogP contribution in [0.2, 0.25) is 0 Å². The second-order valence-electron chi connectivity index (χ2n) is 5.82. The van der Waals surface area contributed by atoms with E-state index in [0.29, 0.717) is 6.61 Å². The summed E-state index contributed by atoms with van der Waals surface area (Å²) in [7, 11) is 2.13. The van der Waals surface area contributed by atoms with Gasteiger partial charge in [0.05, 0.1) is 12.0 Å². The van der Waals surface area contributed by atoms with Crippen molar-refractivity contribution in [1.82, 2.24) is 4.90 Å². The Morgan fingerprint density at radius 3 is 2.75 bits per heavy atom. The van der Waals surface area contributed by atoms with Gasteiger partial charge in [0.1, 0.15) is 0 Å². The summed E-state index contributed by atoms with van der Waals surface area (Å²) in [4.78, 5) is 15.1. The Balaban J connectivity index is 2.45. The lowest BCUT2D eigenvalue weighted by atomic mass is 9.68. The van der Waals surface area contributed by atoms with Crippen molar-refractivity contribution in [3.05, 3.63) is 35.9 Å². The largest absolute Gasteiger partial charge is 0.465 e. The third kappa shape index (κ3) is 2.73. The van der Waals surface area contributed by atoms with Crippen molar-refractivity contribution in [3.8, 4) is 0 Å². The van der Waals surface area contributed by atoms with Crippen molar-refractivity contribution >= 4 is 5.97 Å². The molecule has 1 aromatic carbocycles. The van der Waals surface area contributed by atoms with Gasteiger partial charge < -0.3 is 9.64 Å². The van der Waals surface area contributed by atoms with Gasteiger partial charge in [0.2, 0.25) is 0 Å². The molecule has 1 aliphatic heterocycles. The SMILES string of the molecule is CCOC(=O)[C@@]1(c2ccccc2)CCCN(C)C[C@@H]1C. The fraction of sp³-hybridized carbons (Fsp3) is 0.588. The van der Waals surface area contributed by atoms with Crippen LogP contribution >= 0.6 is 0 Å². The minimum atomic E-state index is -0.498. The second-order valence-corrected chi connectivity index (χ2v) is 5.82. The molecule has 0 aromatic heterocycles. The fourth-order valence-corrected chi connectivity index (χ4v) is 3.43. The van der Waals surface area contributed by atoms with Crippen LogP contribution in [-0.2, 0) is 14.9 Å². The van der Waals surface area contributed by atoms with Crippen molar-refractivity contribution < 1.29 is 9.53 Å². The molecular formula is C17H25NO2. The van der Waals surface area contributed by atoms with E-state index in [1.165, 1.54) is 0 Å². The van der Waals surface area contributed by atoms with Gasteiger partial charge in [-0.1, -0.05) is 37.3 Å². The van der Waals surface area contributed by atoms with E-state index in [1.54, 1.807) is 0 Å². The van der Waals surface area contributed by atoms with Crippen LogP contribution in [0, 0.1) is 5.92 Å². The molecule has 0 saturated carbocycles. The van der Waals surface area contributed by atoms with Crippen LogP contribution in [0.15, 0.2) is 30.3 Å². The molecule has 0 bridgehead atoms. The van der Waals surface area contributed by atoms with Crippen LogP contribution in [0.5, 0.6) is 0 Å². The van der Waals surface area contributed by atoms with Gasteiger partial charge in [0, 0.05) is 6.54 Å².